The lowest BCUT2D eigenvalue weighted by atomic mass is 10.1. The summed E-state index contributed by atoms with van der Waals surface area (Å²) >= 11 is 0. The van der Waals surface area contributed by atoms with E-state index in [-0.39, 0.29) is 5.91 Å². The fourth-order valence-electron chi connectivity index (χ4n) is 3.27. The summed E-state index contributed by atoms with van der Waals surface area (Å²) in [5, 5.41) is 3.98. The molecular weight excluding hydrogens is 364 g/mol. The number of amides is 1. The third-order valence-corrected chi connectivity index (χ3v) is 4.88. The second-order valence-electron chi connectivity index (χ2n) is 6.75. The highest BCUT2D eigenvalue weighted by atomic mass is 16.5. The summed E-state index contributed by atoms with van der Waals surface area (Å²) in [5.74, 6) is 1.31. The van der Waals surface area contributed by atoms with Gasteiger partial charge in [-0.25, -0.2) is 0 Å². The molecule has 0 atom stereocenters. The molecule has 0 aliphatic heterocycles. The second-order valence-corrected chi connectivity index (χ2v) is 6.75. The number of hydrogen-bond acceptors (Lipinski definition) is 3. The van der Waals surface area contributed by atoms with Crippen molar-refractivity contribution in [1.82, 2.24) is 4.98 Å². The molecule has 0 saturated carbocycles. The summed E-state index contributed by atoms with van der Waals surface area (Å²) in [4.78, 5) is 15.9. The van der Waals surface area contributed by atoms with Crippen molar-refractivity contribution in [2.24, 2.45) is 0 Å². The normalized spacial score (nSPS) is 10.7. The van der Waals surface area contributed by atoms with E-state index in [4.69, 9.17) is 9.47 Å². The minimum absolute atomic E-state index is 0.189. The number of methoxy groups -OCH3 is 1. The first kappa shape index (κ1) is 18.6. The maximum atomic E-state index is 12.7. The van der Waals surface area contributed by atoms with Gasteiger partial charge in [-0.15, -0.1) is 0 Å². The Morgan fingerprint density at radius 3 is 2.55 bits per heavy atom. The van der Waals surface area contributed by atoms with Crippen molar-refractivity contribution in [3.8, 4) is 11.5 Å². The summed E-state index contributed by atoms with van der Waals surface area (Å²) in [6.07, 6.45) is 0. The van der Waals surface area contributed by atoms with Crippen LogP contribution < -0.4 is 14.8 Å². The molecule has 3 aromatic carbocycles. The number of carbonyl (C=O) groups is 1. The molecule has 0 unspecified atom stereocenters. The van der Waals surface area contributed by atoms with Gasteiger partial charge >= 0.3 is 0 Å². The zero-order valence-corrected chi connectivity index (χ0v) is 16.4. The summed E-state index contributed by atoms with van der Waals surface area (Å²) in [7, 11) is 1.64. The lowest BCUT2D eigenvalue weighted by Crippen LogP contribution is -2.13. The minimum atomic E-state index is -0.189. The highest BCUT2D eigenvalue weighted by molar-refractivity contribution is 6.06. The Kier molecular flexibility index (Phi) is 5.20. The Hall–Kier alpha value is -3.73. The first-order valence-electron chi connectivity index (χ1n) is 9.39. The van der Waals surface area contributed by atoms with E-state index in [2.05, 4.69) is 10.3 Å². The van der Waals surface area contributed by atoms with Crippen LogP contribution in [-0.2, 0) is 6.61 Å². The van der Waals surface area contributed by atoms with Crippen molar-refractivity contribution in [1.29, 1.82) is 0 Å². The quantitative estimate of drug-likeness (QED) is 0.472. The van der Waals surface area contributed by atoms with Crippen molar-refractivity contribution in [2.75, 3.05) is 12.4 Å². The molecule has 146 valence electrons. The number of anilines is 1. The Morgan fingerprint density at radius 1 is 0.966 bits per heavy atom. The van der Waals surface area contributed by atoms with Crippen molar-refractivity contribution < 1.29 is 14.3 Å². The van der Waals surface area contributed by atoms with E-state index in [0.29, 0.717) is 23.7 Å². The molecule has 0 radical (unpaired) electrons. The van der Waals surface area contributed by atoms with E-state index in [1.54, 1.807) is 7.11 Å². The number of para-hydroxylation sites is 2. The number of hydrogen-bond donors (Lipinski definition) is 2. The van der Waals surface area contributed by atoms with Gasteiger partial charge in [-0.05, 0) is 37.3 Å². The zero-order chi connectivity index (χ0) is 20.2. The van der Waals surface area contributed by atoms with Crippen molar-refractivity contribution in [3.63, 3.8) is 0 Å². The summed E-state index contributed by atoms with van der Waals surface area (Å²) in [6, 6.07) is 23.0. The molecule has 1 amide bonds. The van der Waals surface area contributed by atoms with E-state index in [9.17, 15) is 4.79 Å². The molecule has 2 N–H and O–H groups in total. The molecule has 4 aromatic rings. The number of nitrogens with one attached hydrogen (secondary N) is 2. The molecule has 4 rings (SSSR count). The van der Waals surface area contributed by atoms with E-state index in [1.807, 2.05) is 79.7 Å². The van der Waals surface area contributed by atoms with Crippen LogP contribution in [0.15, 0.2) is 72.8 Å². The van der Waals surface area contributed by atoms with Gasteiger partial charge in [0.25, 0.3) is 5.91 Å². The summed E-state index contributed by atoms with van der Waals surface area (Å²) in [6.45, 7) is 2.31. The van der Waals surface area contributed by atoms with Gasteiger partial charge < -0.3 is 19.8 Å². The first-order chi connectivity index (χ1) is 14.2. The lowest BCUT2D eigenvalue weighted by Gasteiger charge is -2.14. The number of carbonyl (C=O) groups excluding carboxylic acids is 1. The van der Waals surface area contributed by atoms with Crippen LogP contribution >= 0.6 is 0 Å². The van der Waals surface area contributed by atoms with E-state index >= 15 is 0 Å². The predicted molar refractivity (Wildman–Crippen MR) is 115 cm³/mol. The van der Waals surface area contributed by atoms with Crippen LogP contribution in [0.1, 0.15) is 21.6 Å². The van der Waals surface area contributed by atoms with Crippen LogP contribution in [0.25, 0.3) is 10.9 Å². The molecule has 1 aromatic heterocycles. The molecule has 0 aliphatic rings. The Balaban J connectivity index is 1.51. The Morgan fingerprint density at radius 2 is 1.72 bits per heavy atom. The maximum absolute atomic E-state index is 12.7. The average molecular weight is 386 g/mol. The summed E-state index contributed by atoms with van der Waals surface area (Å²) in [5.41, 5.74) is 3.99. The predicted octanol–water partition coefficient (Wildman–Crippen LogP) is 5.32. The molecule has 5 nitrogen and oxygen atoms in total. The smallest absolute Gasteiger partial charge is 0.272 e. The van der Waals surface area contributed by atoms with Crippen LogP contribution in [0.4, 0.5) is 5.69 Å². The van der Waals surface area contributed by atoms with Gasteiger partial charge in [0.1, 0.15) is 23.8 Å². The second kappa shape index (κ2) is 8.10. The number of H-pyrrole nitrogens is 1. The van der Waals surface area contributed by atoms with Crippen molar-refractivity contribution in [3.05, 3.63) is 89.6 Å². The fourth-order valence-corrected chi connectivity index (χ4v) is 3.27. The van der Waals surface area contributed by atoms with E-state index in [0.717, 1.165) is 27.8 Å². The monoisotopic (exact) mass is 386 g/mol. The van der Waals surface area contributed by atoms with Crippen LogP contribution in [-0.4, -0.2) is 18.0 Å². The Bertz CT molecular complexity index is 1130. The molecule has 1 heterocycles. The van der Waals surface area contributed by atoms with Crippen LogP contribution in [0.3, 0.4) is 0 Å². The van der Waals surface area contributed by atoms with E-state index < -0.39 is 0 Å². The fraction of sp³-hybridized carbons (Fsp3) is 0.125. The maximum Gasteiger partial charge on any atom is 0.272 e. The SMILES string of the molecule is COc1ccccc1COc1cccc(NC(=O)c2cc3ccccc3[nH]2)c1C. The average Bonchev–Trinajstić information content (AvgIpc) is 3.19. The molecule has 5 heteroatoms. The number of aromatic nitrogens is 1. The third kappa shape index (κ3) is 3.94. The summed E-state index contributed by atoms with van der Waals surface area (Å²) < 4.78 is 11.4. The largest absolute Gasteiger partial charge is 0.496 e. The molecule has 0 fully saturated rings. The van der Waals surface area contributed by atoms with Gasteiger partial charge in [-0.2, -0.15) is 0 Å². The third-order valence-electron chi connectivity index (χ3n) is 4.88. The number of ether oxygens (including phenoxy) is 2. The van der Waals surface area contributed by atoms with Gasteiger partial charge in [0, 0.05) is 27.7 Å². The minimum Gasteiger partial charge on any atom is -0.496 e. The van der Waals surface area contributed by atoms with Crippen LogP contribution in [0.2, 0.25) is 0 Å². The van der Waals surface area contributed by atoms with Gasteiger partial charge in [-0.1, -0.05) is 42.5 Å². The van der Waals surface area contributed by atoms with Crippen molar-refractivity contribution in [2.45, 2.75) is 13.5 Å². The molecular formula is C24H22N2O3. The standard InChI is InChI=1S/C24H22N2O3/c1-16-19(26-24(27)21-14-17-8-3-5-10-20(17)25-21)11-7-13-22(16)29-15-18-9-4-6-12-23(18)28-2/h3-14,25H,15H2,1-2H3,(H,26,27). The van der Waals surface area contributed by atoms with Crippen LogP contribution in [0, 0.1) is 6.92 Å². The number of fused-ring (bicyclic) bond motifs is 1. The number of benzene rings is 3. The van der Waals surface area contributed by atoms with Gasteiger partial charge in [0.05, 0.1) is 7.11 Å². The molecule has 0 spiro atoms. The van der Waals surface area contributed by atoms with Gasteiger partial charge in [0.15, 0.2) is 0 Å². The highest BCUT2D eigenvalue weighted by Gasteiger charge is 2.13. The molecule has 29 heavy (non-hydrogen) atoms. The lowest BCUT2D eigenvalue weighted by molar-refractivity contribution is 0.102. The van der Waals surface area contributed by atoms with Gasteiger partial charge in [-0.3, -0.25) is 4.79 Å². The zero-order valence-electron chi connectivity index (χ0n) is 16.4. The topological polar surface area (TPSA) is 63.4 Å². The van der Waals surface area contributed by atoms with Crippen LogP contribution in [0.5, 0.6) is 11.5 Å². The first-order valence-corrected chi connectivity index (χ1v) is 9.39. The molecule has 0 bridgehead atoms. The molecule has 0 aliphatic carbocycles. The van der Waals surface area contributed by atoms with Crippen molar-refractivity contribution >= 4 is 22.5 Å². The van der Waals surface area contributed by atoms with Gasteiger partial charge in [0.2, 0.25) is 0 Å². The Labute approximate surface area is 169 Å². The molecule has 0 saturated heterocycles. The number of aromatic amines is 1. The number of rotatable bonds is 6. The highest BCUT2D eigenvalue weighted by Crippen LogP contribution is 2.28. The van der Waals surface area contributed by atoms with E-state index in [1.165, 1.54) is 0 Å².